The molecule has 106 valence electrons. The van der Waals surface area contributed by atoms with Crippen molar-refractivity contribution in [3.63, 3.8) is 0 Å². The maximum absolute atomic E-state index is 10.00. The highest BCUT2D eigenvalue weighted by atomic mass is 16.3. The zero-order chi connectivity index (χ0) is 14.7. The van der Waals surface area contributed by atoms with Gasteiger partial charge in [-0.2, -0.15) is 0 Å². The van der Waals surface area contributed by atoms with Crippen LogP contribution in [0.2, 0.25) is 0 Å². The summed E-state index contributed by atoms with van der Waals surface area (Å²) in [5, 5.41) is 47.9. The Morgan fingerprint density at radius 1 is 0.800 bits per heavy atom. The summed E-state index contributed by atoms with van der Waals surface area (Å²) < 4.78 is 0. The zero-order valence-corrected chi connectivity index (χ0v) is 10.7. The van der Waals surface area contributed by atoms with Crippen molar-refractivity contribution in [1.29, 1.82) is 0 Å². The van der Waals surface area contributed by atoms with Gasteiger partial charge in [-0.15, -0.1) is 0 Å². The van der Waals surface area contributed by atoms with E-state index in [4.69, 9.17) is 0 Å². The quantitative estimate of drug-likeness (QED) is 0.584. The third-order valence-electron chi connectivity index (χ3n) is 3.01. The Hall–Kier alpha value is -2.40. The fourth-order valence-corrected chi connectivity index (χ4v) is 2.10. The van der Waals surface area contributed by atoms with Gasteiger partial charge in [0, 0.05) is 24.1 Å². The number of phenolic OH excluding ortho intramolecular Hbond substituents is 4. The number of aromatic hydroxyl groups is 4. The van der Waals surface area contributed by atoms with Crippen LogP contribution in [-0.4, -0.2) is 31.6 Å². The summed E-state index contributed by atoms with van der Waals surface area (Å²) in [6.45, 7) is 0. The summed E-state index contributed by atoms with van der Waals surface area (Å²) in [6.07, 6.45) is -0.528. The van der Waals surface area contributed by atoms with Gasteiger partial charge < -0.3 is 25.5 Å². The standard InChI is InChI=1S/C15H16O5/c16-10-3-1-2-9(4-10)5-11(17)6-13-14(19)7-12(18)8-15(13)20/h1-4,7-8,11,16-20H,5-6H2/t11-/m1/s1. The summed E-state index contributed by atoms with van der Waals surface area (Å²) in [7, 11) is 0. The van der Waals surface area contributed by atoms with E-state index in [2.05, 4.69) is 0 Å². The van der Waals surface area contributed by atoms with Crippen LogP contribution in [0.25, 0.3) is 0 Å². The molecule has 0 aliphatic rings. The minimum Gasteiger partial charge on any atom is -0.508 e. The van der Waals surface area contributed by atoms with Gasteiger partial charge in [0.15, 0.2) is 0 Å². The van der Waals surface area contributed by atoms with Gasteiger partial charge in [0.2, 0.25) is 0 Å². The second-order valence-corrected chi connectivity index (χ2v) is 4.69. The lowest BCUT2D eigenvalue weighted by atomic mass is 9.99. The molecule has 5 nitrogen and oxygen atoms in total. The van der Waals surface area contributed by atoms with E-state index in [0.29, 0.717) is 0 Å². The Morgan fingerprint density at radius 2 is 1.45 bits per heavy atom. The van der Waals surface area contributed by atoms with Crippen molar-refractivity contribution in [2.45, 2.75) is 18.9 Å². The lowest BCUT2D eigenvalue weighted by molar-refractivity contribution is 0.173. The topological polar surface area (TPSA) is 101 Å². The molecular weight excluding hydrogens is 260 g/mol. The summed E-state index contributed by atoms with van der Waals surface area (Å²) >= 11 is 0. The molecule has 5 heteroatoms. The monoisotopic (exact) mass is 276 g/mol. The number of hydrogen-bond acceptors (Lipinski definition) is 5. The maximum atomic E-state index is 10.00. The molecule has 0 fully saturated rings. The zero-order valence-electron chi connectivity index (χ0n) is 10.7. The number of rotatable bonds is 4. The van der Waals surface area contributed by atoms with Crippen molar-refractivity contribution in [2.75, 3.05) is 0 Å². The van der Waals surface area contributed by atoms with Crippen molar-refractivity contribution in [3.05, 3.63) is 47.5 Å². The Kier molecular flexibility index (Phi) is 4.00. The average molecular weight is 276 g/mol. The molecule has 5 N–H and O–H groups in total. The van der Waals surface area contributed by atoms with Gasteiger partial charge in [0.05, 0.1) is 6.10 Å². The largest absolute Gasteiger partial charge is 0.508 e. The molecule has 0 radical (unpaired) electrons. The predicted molar refractivity (Wildman–Crippen MR) is 73.0 cm³/mol. The van der Waals surface area contributed by atoms with E-state index in [0.717, 1.165) is 17.7 Å². The summed E-state index contributed by atoms with van der Waals surface area (Å²) in [6, 6.07) is 8.73. The Bertz CT molecular complexity index is 586. The van der Waals surface area contributed by atoms with E-state index in [-0.39, 0.29) is 41.4 Å². The van der Waals surface area contributed by atoms with Crippen LogP contribution in [0.3, 0.4) is 0 Å². The van der Waals surface area contributed by atoms with E-state index in [1.807, 2.05) is 0 Å². The molecule has 2 rings (SSSR count). The van der Waals surface area contributed by atoms with E-state index in [1.165, 1.54) is 6.07 Å². The SMILES string of the molecule is Oc1cccc(C[C@@H](O)Cc2c(O)cc(O)cc2O)c1. The van der Waals surface area contributed by atoms with Crippen LogP contribution in [0.15, 0.2) is 36.4 Å². The summed E-state index contributed by atoms with van der Waals surface area (Å²) in [5.41, 5.74) is 0.922. The molecule has 0 saturated heterocycles. The highest BCUT2D eigenvalue weighted by molar-refractivity contribution is 5.49. The van der Waals surface area contributed by atoms with Crippen molar-refractivity contribution >= 4 is 0 Å². The molecular formula is C15H16O5. The molecule has 0 spiro atoms. The van der Waals surface area contributed by atoms with E-state index >= 15 is 0 Å². The van der Waals surface area contributed by atoms with Gasteiger partial charge >= 0.3 is 0 Å². The molecule has 0 aromatic heterocycles. The Balaban J connectivity index is 2.10. The van der Waals surface area contributed by atoms with Crippen molar-refractivity contribution < 1.29 is 25.5 Å². The van der Waals surface area contributed by atoms with Crippen LogP contribution in [0.1, 0.15) is 11.1 Å². The minimum atomic E-state index is -0.835. The smallest absolute Gasteiger partial charge is 0.126 e. The second-order valence-electron chi connectivity index (χ2n) is 4.69. The number of aliphatic hydroxyl groups is 1. The van der Waals surface area contributed by atoms with Crippen LogP contribution in [-0.2, 0) is 12.8 Å². The van der Waals surface area contributed by atoms with Crippen LogP contribution in [0.5, 0.6) is 23.0 Å². The highest BCUT2D eigenvalue weighted by Gasteiger charge is 2.15. The molecule has 0 unspecified atom stereocenters. The van der Waals surface area contributed by atoms with Gasteiger partial charge in [-0.3, -0.25) is 0 Å². The molecule has 0 heterocycles. The first-order chi connectivity index (χ1) is 9.45. The first-order valence-corrected chi connectivity index (χ1v) is 6.15. The molecule has 0 aliphatic carbocycles. The van der Waals surface area contributed by atoms with Crippen LogP contribution >= 0.6 is 0 Å². The molecule has 2 aromatic carbocycles. The fourth-order valence-electron chi connectivity index (χ4n) is 2.10. The van der Waals surface area contributed by atoms with Crippen LogP contribution in [0.4, 0.5) is 0 Å². The molecule has 0 amide bonds. The minimum absolute atomic E-state index is 0.0353. The lowest BCUT2D eigenvalue weighted by Gasteiger charge is -2.13. The average Bonchev–Trinajstić information content (AvgIpc) is 2.33. The first-order valence-electron chi connectivity index (χ1n) is 6.15. The van der Waals surface area contributed by atoms with Gasteiger partial charge in [-0.25, -0.2) is 0 Å². The van der Waals surface area contributed by atoms with E-state index in [9.17, 15) is 25.5 Å². The molecule has 2 aromatic rings. The normalized spacial score (nSPS) is 12.2. The van der Waals surface area contributed by atoms with Crippen LogP contribution < -0.4 is 0 Å². The number of phenols is 4. The molecule has 0 saturated carbocycles. The lowest BCUT2D eigenvalue weighted by Crippen LogP contribution is -2.14. The van der Waals surface area contributed by atoms with Crippen LogP contribution in [0, 0.1) is 0 Å². The first kappa shape index (κ1) is 14.0. The maximum Gasteiger partial charge on any atom is 0.126 e. The van der Waals surface area contributed by atoms with Gasteiger partial charge in [-0.05, 0) is 24.1 Å². The molecule has 0 aliphatic heterocycles. The summed E-state index contributed by atoms with van der Waals surface area (Å²) in [4.78, 5) is 0. The molecule has 1 atom stereocenters. The van der Waals surface area contributed by atoms with Gasteiger partial charge in [0.25, 0.3) is 0 Å². The third kappa shape index (κ3) is 3.33. The van der Waals surface area contributed by atoms with Crippen molar-refractivity contribution in [3.8, 4) is 23.0 Å². The number of benzene rings is 2. The van der Waals surface area contributed by atoms with Crippen molar-refractivity contribution in [1.82, 2.24) is 0 Å². The molecule has 20 heavy (non-hydrogen) atoms. The fraction of sp³-hybridized carbons (Fsp3) is 0.200. The highest BCUT2D eigenvalue weighted by Crippen LogP contribution is 2.33. The summed E-state index contributed by atoms with van der Waals surface area (Å²) in [5.74, 6) is -0.661. The second kappa shape index (κ2) is 5.71. The van der Waals surface area contributed by atoms with Gasteiger partial charge in [-0.1, -0.05) is 12.1 Å². The van der Waals surface area contributed by atoms with Gasteiger partial charge in [0.1, 0.15) is 23.0 Å². The number of hydrogen-bond donors (Lipinski definition) is 5. The Labute approximate surface area is 116 Å². The Morgan fingerprint density at radius 3 is 2.05 bits per heavy atom. The predicted octanol–water partition coefficient (Wildman–Crippen LogP) is 1.66. The number of aliphatic hydroxyl groups excluding tert-OH is 1. The van der Waals surface area contributed by atoms with E-state index < -0.39 is 6.10 Å². The molecule has 0 bridgehead atoms. The van der Waals surface area contributed by atoms with E-state index in [1.54, 1.807) is 18.2 Å². The van der Waals surface area contributed by atoms with Crippen molar-refractivity contribution in [2.24, 2.45) is 0 Å². The third-order valence-corrected chi connectivity index (χ3v) is 3.01.